The molecule has 0 bridgehead atoms. The number of allylic oxidation sites excluding steroid dienone is 1. The number of hydrogen-bond donors (Lipinski definition) is 1. The molecule has 1 N–H and O–H groups in total. The number of aliphatic carboxylic acids is 1. The normalized spacial score (nSPS) is 22.4. The van der Waals surface area contributed by atoms with Crippen LogP contribution in [-0.4, -0.2) is 35.0 Å². The second-order valence-electron chi connectivity index (χ2n) is 6.27. The highest BCUT2D eigenvalue weighted by molar-refractivity contribution is 5.81. The molecule has 1 aliphatic rings. The Hall–Kier alpha value is -2.10. The number of carboxylic acid groups (broad SMARTS) is 1. The molecule has 0 spiro atoms. The minimum absolute atomic E-state index is 0.0210. The van der Waals surface area contributed by atoms with Crippen LogP contribution in [0.5, 0.6) is 0 Å². The molecule has 2 rings (SSSR count). The van der Waals surface area contributed by atoms with Crippen molar-refractivity contribution in [2.45, 2.75) is 26.2 Å². The van der Waals surface area contributed by atoms with E-state index in [1.165, 1.54) is 0 Å². The van der Waals surface area contributed by atoms with Gasteiger partial charge in [-0.15, -0.1) is 6.58 Å². The lowest BCUT2D eigenvalue weighted by Gasteiger charge is -2.21. The van der Waals surface area contributed by atoms with Crippen LogP contribution in [0.1, 0.15) is 31.7 Å². The van der Waals surface area contributed by atoms with Gasteiger partial charge in [-0.3, -0.25) is 9.59 Å². The molecule has 1 heterocycles. The molecule has 4 nitrogen and oxygen atoms in total. The zero-order valence-corrected chi connectivity index (χ0v) is 13.2. The predicted molar refractivity (Wildman–Crippen MR) is 85.5 cm³/mol. The minimum atomic E-state index is -0.836. The Kier molecular flexibility index (Phi) is 5.01. The van der Waals surface area contributed by atoms with Gasteiger partial charge in [0, 0.05) is 24.9 Å². The number of carbonyl (C=O) groups is 2. The van der Waals surface area contributed by atoms with Gasteiger partial charge in [0.1, 0.15) is 0 Å². The molecule has 3 unspecified atom stereocenters. The molecule has 1 fully saturated rings. The number of amides is 1. The molecule has 1 aromatic carbocycles. The molecule has 0 radical (unpaired) electrons. The quantitative estimate of drug-likeness (QED) is 0.851. The maximum Gasteiger partial charge on any atom is 0.308 e. The summed E-state index contributed by atoms with van der Waals surface area (Å²) in [5, 5.41) is 9.48. The number of likely N-dealkylation sites (tertiary alicyclic amines) is 1. The van der Waals surface area contributed by atoms with E-state index < -0.39 is 11.9 Å². The van der Waals surface area contributed by atoms with Crippen molar-refractivity contribution in [3.63, 3.8) is 0 Å². The van der Waals surface area contributed by atoms with Gasteiger partial charge in [0.2, 0.25) is 5.91 Å². The summed E-state index contributed by atoms with van der Waals surface area (Å²) in [4.78, 5) is 25.8. The summed E-state index contributed by atoms with van der Waals surface area (Å²) in [5.41, 5.74) is 1.95. The SMILES string of the molecule is C=C(C)CC(C)C(=O)N1CC(C(=O)O)C(c2ccccc2)C1. The summed E-state index contributed by atoms with van der Waals surface area (Å²) in [6, 6.07) is 9.59. The summed E-state index contributed by atoms with van der Waals surface area (Å²) in [7, 11) is 0. The van der Waals surface area contributed by atoms with E-state index >= 15 is 0 Å². The molecule has 1 aliphatic heterocycles. The summed E-state index contributed by atoms with van der Waals surface area (Å²) in [5.74, 6) is -1.64. The molecule has 3 atom stereocenters. The zero-order chi connectivity index (χ0) is 16.3. The largest absolute Gasteiger partial charge is 0.481 e. The van der Waals surface area contributed by atoms with E-state index in [-0.39, 0.29) is 24.3 Å². The van der Waals surface area contributed by atoms with E-state index in [9.17, 15) is 14.7 Å². The summed E-state index contributed by atoms with van der Waals surface area (Å²) >= 11 is 0. The number of carbonyl (C=O) groups excluding carboxylic acids is 1. The maximum atomic E-state index is 12.5. The Morgan fingerprint density at radius 2 is 1.95 bits per heavy atom. The number of nitrogens with zero attached hydrogens (tertiary/aromatic N) is 1. The maximum absolute atomic E-state index is 12.5. The molecule has 1 saturated heterocycles. The number of benzene rings is 1. The molecule has 4 heteroatoms. The van der Waals surface area contributed by atoms with Crippen LogP contribution in [0.15, 0.2) is 42.5 Å². The first kappa shape index (κ1) is 16.3. The van der Waals surface area contributed by atoms with Crippen molar-refractivity contribution in [2.24, 2.45) is 11.8 Å². The van der Waals surface area contributed by atoms with Crippen molar-refractivity contribution in [3.8, 4) is 0 Å². The minimum Gasteiger partial charge on any atom is -0.481 e. The number of hydrogen-bond acceptors (Lipinski definition) is 2. The van der Waals surface area contributed by atoms with E-state index in [2.05, 4.69) is 6.58 Å². The van der Waals surface area contributed by atoms with Gasteiger partial charge in [-0.2, -0.15) is 0 Å². The van der Waals surface area contributed by atoms with Crippen LogP contribution in [0.2, 0.25) is 0 Å². The Labute approximate surface area is 131 Å². The fraction of sp³-hybridized carbons (Fsp3) is 0.444. The van der Waals surface area contributed by atoms with Crippen LogP contribution in [0.4, 0.5) is 0 Å². The lowest BCUT2D eigenvalue weighted by molar-refractivity contribution is -0.142. The fourth-order valence-corrected chi connectivity index (χ4v) is 3.19. The van der Waals surface area contributed by atoms with E-state index in [0.717, 1.165) is 11.1 Å². The summed E-state index contributed by atoms with van der Waals surface area (Å²) in [6.45, 7) is 8.38. The Balaban J connectivity index is 2.15. The third kappa shape index (κ3) is 3.56. The van der Waals surface area contributed by atoms with Crippen LogP contribution in [0.3, 0.4) is 0 Å². The highest BCUT2D eigenvalue weighted by Crippen LogP contribution is 2.34. The second-order valence-corrected chi connectivity index (χ2v) is 6.27. The Bertz CT molecular complexity index is 567. The number of rotatable bonds is 5. The topological polar surface area (TPSA) is 57.6 Å². The molecule has 22 heavy (non-hydrogen) atoms. The standard InChI is InChI=1S/C18H23NO3/c1-12(2)9-13(3)17(20)19-10-15(16(11-19)18(21)22)14-7-5-4-6-8-14/h4-8,13,15-16H,1,9-11H2,2-3H3,(H,21,22). The van der Waals surface area contributed by atoms with Gasteiger partial charge in [-0.1, -0.05) is 42.8 Å². The van der Waals surface area contributed by atoms with E-state index in [1.54, 1.807) is 4.90 Å². The molecule has 0 aromatic heterocycles. The molecular weight excluding hydrogens is 278 g/mol. The van der Waals surface area contributed by atoms with Gasteiger partial charge >= 0.3 is 5.97 Å². The lowest BCUT2D eigenvalue weighted by atomic mass is 9.89. The van der Waals surface area contributed by atoms with Crippen molar-refractivity contribution < 1.29 is 14.7 Å². The Morgan fingerprint density at radius 3 is 2.50 bits per heavy atom. The first-order chi connectivity index (χ1) is 10.4. The van der Waals surface area contributed by atoms with E-state index in [0.29, 0.717) is 13.0 Å². The first-order valence-corrected chi connectivity index (χ1v) is 7.61. The van der Waals surface area contributed by atoms with Crippen LogP contribution < -0.4 is 0 Å². The van der Waals surface area contributed by atoms with Crippen LogP contribution in [0, 0.1) is 11.8 Å². The highest BCUT2D eigenvalue weighted by atomic mass is 16.4. The number of carboxylic acids is 1. The van der Waals surface area contributed by atoms with Gasteiger partial charge < -0.3 is 10.0 Å². The second kappa shape index (κ2) is 6.77. The first-order valence-electron chi connectivity index (χ1n) is 7.61. The van der Waals surface area contributed by atoms with Gasteiger partial charge in [0.25, 0.3) is 0 Å². The third-order valence-corrected chi connectivity index (χ3v) is 4.25. The van der Waals surface area contributed by atoms with Gasteiger partial charge in [-0.25, -0.2) is 0 Å². The van der Waals surface area contributed by atoms with Crippen molar-refractivity contribution >= 4 is 11.9 Å². The Morgan fingerprint density at radius 1 is 1.32 bits per heavy atom. The van der Waals surface area contributed by atoms with Crippen molar-refractivity contribution in [2.75, 3.05) is 13.1 Å². The van der Waals surface area contributed by atoms with Crippen molar-refractivity contribution in [1.29, 1.82) is 0 Å². The molecule has 0 saturated carbocycles. The summed E-state index contributed by atoms with van der Waals surface area (Å²) < 4.78 is 0. The van der Waals surface area contributed by atoms with Crippen molar-refractivity contribution in [3.05, 3.63) is 48.0 Å². The monoisotopic (exact) mass is 301 g/mol. The van der Waals surface area contributed by atoms with Crippen molar-refractivity contribution in [1.82, 2.24) is 4.90 Å². The predicted octanol–water partition coefficient (Wildman–Crippen LogP) is 2.92. The zero-order valence-electron chi connectivity index (χ0n) is 13.2. The van der Waals surface area contributed by atoms with Gasteiger partial charge in [-0.05, 0) is 18.9 Å². The molecular formula is C18H23NO3. The smallest absolute Gasteiger partial charge is 0.308 e. The van der Waals surface area contributed by atoms with E-state index in [1.807, 2.05) is 44.2 Å². The van der Waals surface area contributed by atoms with Crippen LogP contribution >= 0.6 is 0 Å². The molecule has 118 valence electrons. The summed E-state index contributed by atoms with van der Waals surface area (Å²) in [6.07, 6.45) is 0.642. The van der Waals surface area contributed by atoms with E-state index in [4.69, 9.17) is 0 Å². The van der Waals surface area contributed by atoms with Gasteiger partial charge in [0.05, 0.1) is 5.92 Å². The lowest BCUT2D eigenvalue weighted by Crippen LogP contribution is -2.34. The average Bonchev–Trinajstić information content (AvgIpc) is 2.92. The molecule has 0 aliphatic carbocycles. The van der Waals surface area contributed by atoms with Crippen LogP contribution in [0.25, 0.3) is 0 Å². The highest BCUT2D eigenvalue weighted by Gasteiger charge is 2.41. The van der Waals surface area contributed by atoms with Crippen LogP contribution in [-0.2, 0) is 9.59 Å². The van der Waals surface area contributed by atoms with Gasteiger partial charge in [0.15, 0.2) is 0 Å². The fourth-order valence-electron chi connectivity index (χ4n) is 3.19. The molecule has 1 amide bonds. The third-order valence-electron chi connectivity index (χ3n) is 4.25. The molecule has 1 aromatic rings. The average molecular weight is 301 g/mol.